The van der Waals surface area contributed by atoms with Gasteiger partial charge in [-0.25, -0.2) is 4.98 Å². The lowest BCUT2D eigenvalue weighted by Gasteiger charge is -2.45. The van der Waals surface area contributed by atoms with Gasteiger partial charge in [-0.3, -0.25) is 24.1 Å². The highest BCUT2D eigenvalue weighted by Gasteiger charge is 2.48. The van der Waals surface area contributed by atoms with Crippen molar-refractivity contribution in [3.05, 3.63) is 88.7 Å². The molecule has 0 saturated heterocycles. The number of fused-ring (bicyclic) bond motifs is 1. The molecular formula is C36H37N5O5S. The Morgan fingerprint density at radius 2 is 1.66 bits per heavy atom. The van der Waals surface area contributed by atoms with Crippen LogP contribution >= 0.6 is 11.3 Å². The first-order valence-electron chi connectivity index (χ1n) is 15.6. The molecule has 1 N–H and O–H groups in total. The van der Waals surface area contributed by atoms with Gasteiger partial charge in [0.05, 0.1) is 30.6 Å². The molecule has 2 heterocycles. The second-order valence-corrected chi connectivity index (χ2v) is 13.0. The van der Waals surface area contributed by atoms with Gasteiger partial charge in [0.2, 0.25) is 11.8 Å². The van der Waals surface area contributed by atoms with E-state index < -0.39 is 23.1 Å². The number of hydrogen-bond acceptors (Lipinski definition) is 8. The lowest BCUT2D eigenvalue weighted by Crippen LogP contribution is -2.61. The Balaban J connectivity index is 1.35. The number of para-hydroxylation sites is 1. The van der Waals surface area contributed by atoms with Crippen LogP contribution in [0.25, 0.3) is 11.3 Å². The molecule has 3 aromatic carbocycles. The Labute approximate surface area is 278 Å². The Hall–Kier alpha value is -5.03. The number of benzene rings is 3. The highest BCUT2D eigenvalue weighted by Crippen LogP contribution is 2.38. The van der Waals surface area contributed by atoms with E-state index >= 15 is 0 Å². The molecule has 10 nitrogen and oxygen atoms in total. The Morgan fingerprint density at radius 3 is 2.34 bits per heavy atom. The molecule has 6 rings (SSSR count). The molecule has 1 saturated carbocycles. The summed E-state index contributed by atoms with van der Waals surface area (Å²) in [5.41, 5.74) is 2.75. The molecule has 47 heavy (non-hydrogen) atoms. The van der Waals surface area contributed by atoms with Gasteiger partial charge in [0.25, 0.3) is 11.7 Å². The number of hydrogen-bond donors (Lipinski definition) is 1. The van der Waals surface area contributed by atoms with Gasteiger partial charge in [0.1, 0.15) is 22.8 Å². The zero-order valence-corrected chi connectivity index (χ0v) is 27.5. The first-order chi connectivity index (χ1) is 22.7. The molecule has 0 bridgehead atoms. The van der Waals surface area contributed by atoms with Crippen LogP contribution in [0.15, 0.2) is 78.2 Å². The number of aromatic nitrogens is 1. The molecule has 4 aromatic rings. The molecule has 1 aliphatic heterocycles. The van der Waals surface area contributed by atoms with E-state index in [4.69, 9.17) is 9.72 Å². The summed E-state index contributed by atoms with van der Waals surface area (Å²) in [7, 11) is 5.51. The van der Waals surface area contributed by atoms with Crippen LogP contribution in [0.4, 0.5) is 17.1 Å². The zero-order chi connectivity index (χ0) is 33.1. The maximum Gasteiger partial charge on any atom is 0.299 e. The molecule has 11 heteroatoms. The lowest BCUT2D eigenvalue weighted by atomic mass is 9.79. The maximum absolute atomic E-state index is 14.5. The predicted octanol–water partition coefficient (Wildman–Crippen LogP) is 5.78. The smallest absolute Gasteiger partial charge is 0.299 e. The molecule has 2 aliphatic rings. The van der Waals surface area contributed by atoms with Crippen LogP contribution in [0, 0.1) is 0 Å². The fourth-order valence-electron chi connectivity index (χ4n) is 6.36. The minimum atomic E-state index is -1.19. The molecule has 1 fully saturated rings. The highest BCUT2D eigenvalue weighted by atomic mass is 32.1. The van der Waals surface area contributed by atoms with Gasteiger partial charge in [-0.15, -0.1) is 11.3 Å². The highest BCUT2D eigenvalue weighted by molar-refractivity contribution is 7.09. The second kappa shape index (κ2) is 13.4. The van der Waals surface area contributed by atoms with Crippen molar-refractivity contribution in [3.8, 4) is 17.0 Å². The first-order valence-corrected chi connectivity index (χ1v) is 16.5. The van der Waals surface area contributed by atoms with E-state index in [2.05, 4.69) is 5.32 Å². The Bertz CT molecular complexity index is 1790. The van der Waals surface area contributed by atoms with Gasteiger partial charge in [-0.2, -0.15) is 0 Å². The number of carbonyl (C=O) groups is 4. The monoisotopic (exact) mass is 651 g/mol. The number of nitrogens with one attached hydrogen (secondary N) is 1. The van der Waals surface area contributed by atoms with Gasteiger partial charge in [0.15, 0.2) is 0 Å². The van der Waals surface area contributed by atoms with Crippen LogP contribution in [0.2, 0.25) is 0 Å². The number of amides is 3. The average Bonchev–Trinajstić information content (AvgIpc) is 3.66. The average molecular weight is 652 g/mol. The summed E-state index contributed by atoms with van der Waals surface area (Å²) < 4.78 is 5.29. The normalized spacial score (nSPS) is 15.3. The third kappa shape index (κ3) is 6.35. The van der Waals surface area contributed by atoms with Crippen molar-refractivity contribution in [1.82, 2.24) is 9.88 Å². The van der Waals surface area contributed by atoms with E-state index in [-0.39, 0.29) is 24.6 Å². The lowest BCUT2D eigenvalue weighted by molar-refractivity contribution is -0.148. The summed E-state index contributed by atoms with van der Waals surface area (Å²) in [5, 5.41) is 5.68. The van der Waals surface area contributed by atoms with Crippen molar-refractivity contribution in [3.63, 3.8) is 0 Å². The van der Waals surface area contributed by atoms with Gasteiger partial charge in [-0.1, -0.05) is 31.4 Å². The van der Waals surface area contributed by atoms with E-state index in [1.165, 1.54) is 16.2 Å². The van der Waals surface area contributed by atoms with Crippen LogP contribution in [0.1, 0.15) is 47.5 Å². The minimum Gasteiger partial charge on any atom is -0.497 e. The largest absolute Gasteiger partial charge is 0.497 e. The van der Waals surface area contributed by atoms with Crippen LogP contribution in [0.5, 0.6) is 5.75 Å². The molecular weight excluding hydrogens is 614 g/mol. The van der Waals surface area contributed by atoms with Crippen molar-refractivity contribution < 1.29 is 23.9 Å². The molecule has 3 amide bonds. The Morgan fingerprint density at radius 1 is 0.957 bits per heavy atom. The summed E-state index contributed by atoms with van der Waals surface area (Å²) in [5.74, 6) is -1.36. The molecule has 0 atom stereocenters. The number of ketones is 1. The molecule has 242 valence electrons. The van der Waals surface area contributed by atoms with Gasteiger partial charge in [-0.05, 0) is 73.5 Å². The summed E-state index contributed by atoms with van der Waals surface area (Å²) in [6.45, 7) is -0.297. The molecule has 0 unspecified atom stereocenters. The number of ether oxygens (including phenoxy) is 1. The zero-order valence-electron chi connectivity index (χ0n) is 26.7. The van der Waals surface area contributed by atoms with Crippen LogP contribution in [-0.2, 0) is 20.9 Å². The molecule has 1 aromatic heterocycles. The third-order valence-corrected chi connectivity index (χ3v) is 9.80. The number of thiazole rings is 1. The third-order valence-electron chi connectivity index (χ3n) is 8.97. The molecule has 0 radical (unpaired) electrons. The fourth-order valence-corrected chi connectivity index (χ4v) is 7.15. The summed E-state index contributed by atoms with van der Waals surface area (Å²) >= 11 is 1.41. The number of nitrogens with zero attached hydrogens (tertiary/aromatic N) is 4. The van der Waals surface area contributed by atoms with Gasteiger partial charge in [0, 0.05) is 36.4 Å². The maximum atomic E-state index is 14.5. The van der Waals surface area contributed by atoms with E-state index in [0.29, 0.717) is 29.2 Å². The van der Waals surface area contributed by atoms with Crippen molar-refractivity contribution >= 4 is 51.9 Å². The van der Waals surface area contributed by atoms with Gasteiger partial charge < -0.3 is 19.9 Å². The van der Waals surface area contributed by atoms with E-state index in [9.17, 15) is 19.2 Å². The first kappa shape index (κ1) is 31.9. The predicted molar refractivity (Wildman–Crippen MR) is 183 cm³/mol. The van der Waals surface area contributed by atoms with Crippen LogP contribution < -0.4 is 19.9 Å². The van der Waals surface area contributed by atoms with E-state index in [1.807, 2.05) is 72.9 Å². The number of rotatable bonds is 10. The quantitative estimate of drug-likeness (QED) is 0.216. The minimum absolute atomic E-state index is 0.0737. The van der Waals surface area contributed by atoms with Crippen molar-refractivity contribution in [2.45, 2.75) is 44.2 Å². The van der Waals surface area contributed by atoms with E-state index in [0.717, 1.165) is 42.0 Å². The second-order valence-electron chi connectivity index (χ2n) is 12.1. The van der Waals surface area contributed by atoms with Crippen molar-refractivity contribution in [2.75, 3.05) is 42.9 Å². The Kier molecular flexibility index (Phi) is 9.08. The van der Waals surface area contributed by atoms with Crippen LogP contribution in [-0.4, -0.2) is 66.7 Å². The summed E-state index contributed by atoms with van der Waals surface area (Å²) in [6, 6.07) is 21.8. The topological polar surface area (TPSA) is 112 Å². The number of methoxy groups -OCH3 is 1. The summed E-state index contributed by atoms with van der Waals surface area (Å²) in [4.78, 5) is 64.4. The SMILES string of the molecule is COc1ccc(-c2csc(CN(C(=O)CN3C(=O)C(=O)c4ccccc43)C3(C(=O)Nc4ccc(N(C)C)cc4)CCCCC3)n2)cc1. The molecule has 1 aliphatic carbocycles. The van der Waals surface area contributed by atoms with Gasteiger partial charge >= 0.3 is 0 Å². The van der Waals surface area contributed by atoms with Crippen molar-refractivity contribution in [2.24, 2.45) is 0 Å². The molecule has 0 spiro atoms. The van der Waals surface area contributed by atoms with E-state index in [1.54, 1.807) is 36.3 Å². The summed E-state index contributed by atoms with van der Waals surface area (Å²) in [6.07, 6.45) is 3.38. The van der Waals surface area contributed by atoms with Crippen LogP contribution in [0.3, 0.4) is 0 Å². The number of anilines is 3. The fraction of sp³-hybridized carbons (Fsp3) is 0.306. The number of carbonyl (C=O) groups excluding carboxylic acids is 4. The van der Waals surface area contributed by atoms with Crippen molar-refractivity contribution in [1.29, 1.82) is 0 Å². The standard InChI is InChI=1S/C36H37N5O5S/c1-39(2)26-15-13-25(14-16-26)37-35(45)36(19-7-4-8-20-36)41(21-31-38-29(23-47-31)24-11-17-27(46-3)18-12-24)32(42)22-40-30-10-6-5-9-28(30)33(43)34(40)44/h5-6,9-18,23H,4,7-8,19-22H2,1-3H3,(H,37,45). The number of Topliss-reactive ketones (excluding diaryl/α,β-unsaturated/α-hetero) is 1.